The van der Waals surface area contributed by atoms with Gasteiger partial charge in [-0.1, -0.05) is 20.8 Å². The third kappa shape index (κ3) is 7.92. The van der Waals surface area contributed by atoms with Gasteiger partial charge in [0.2, 0.25) is 5.95 Å². The number of aromatic amines is 1. The van der Waals surface area contributed by atoms with E-state index in [9.17, 15) is 23.9 Å². The van der Waals surface area contributed by atoms with Crippen LogP contribution in [0.15, 0.2) is 11.1 Å². The lowest BCUT2D eigenvalue weighted by Gasteiger charge is -2.18. The number of fused-ring (bicyclic) bond motifs is 1. The zero-order valence-corrected chi connectivity index (χ0v) is 20.6. The molecule has 7 N–H and O–H groups in total. The topological polar surface area (TPSA) is 236 Å². The van der Waals surface area contributed by atoms with Crippen LogP contribution in [0.5, 0.6) is 0 Å². The number of phosphoric ester groups is 1. The second kappa shape index (κ2) is 11.8. The Balaban J connectivity index is 0.000000509. The lowest BCUT2D eigenvalue weighted by Crippen LogP contribution is -2.26. The average Bonchev–Trinajstić information content (AvgIpc) is 3.30. The first-order chi connectivity index (χ1) is 15.8. The minimum absolute atomic E-state index is 0.00288. The van der Waals surface area contributed by atoms with Gasteiger partial charge in [0.05, 0.1) is 19.0 Å². The number of nitrogens with one attached hydrogen (secondary N) is 1. The van der Waals surface area contributed by atoms with Gasteiger partial charge >= 0.3 is 15.6 Å². The molecule has 0 aromatic carbocycles. The molecule has 0 spiro atoms. The van der Waals surface area contributed by atoms with E-state index in [1.807, 2.05) is 0 Å². The predicted octanol–water partition coefficient (Wildman–Crippen LogP) is -0.0754. The highest BCUT2D eigenvalue weighted by molar-refractivity contribution is 7.60. The van der Waals surface area contributed by atoms with E-state index in [1.165, 1.54) is 30.5 Å². The summed E-state index contributed by atoms with van der Waals surface area (Å²) in [7, 11) is -10.3. The summed E-state index contributed by atoms with van der Waals surface area (Å²) in [5.74, 6) is -0.150. The third-order valence-electron chi connectivity index (χ3n) is 4.92. The number of nitrogens with zero attached hydrogens (tertiary/aromatic N) is 4. The lowest BCUT2D eigenvalue weighted by molar-refractivity contribution is -0.0423. The van der Waals surface area contributed by atoms with Crippen molar-refractivity contribution in [1.29, 1.82) is 0 Å². The molecule has 3 heterocycles. The quantitative estimate of drug-likeness (QED) is 0.183. The second-order valence-electron chi connectivity index (χ2n) is 7.16. The summed E-state index contributed by atoms with van der Waals surface area (Å²) >= 11 is 0. The van der Waals surface area contributed by atoms with E-state index >= 15 is 0 Å². The predicted molar refractivity (Wildman–Crippen MR) is 119 cm³/mol. The van der Waals surface area contributed by atoms with Crippen LogP contribution in [0.2, 0.25) is 0 Å². The number of anilines is 1. The Morgan fingerprint density at radius 1 is 1.26 bits per heavy atom. The molecule has 2 aromatic heterocycles. The van der Waals surface area contributed by atoms with E-state index in [0.717, 1.165) is 0 Å². The molecule has 1 fully saturated rings. The number of aliphatic hydroxyl groups is 1. The SMILES string of the molecule is CCN(CC)CC.Nc1nc2c(ncn2[13C@H]2[13CH2][13CH](O)[13CH]([13CH2]OP(=O)(O)OP(=O)(O)O)O2)c(=O)[nH]1. The molecule has 0 aliphatic carbocycles. The maximum Gasteiger partial charge on any atom is 0.481 e. The minimum atomic E-state index is -5.26. The van der Waals surface area contributed by atoms with E-state index in [2.05, 4.69) is 49.5 Å². The molecule has 0 saturated carbocycles. The summed E-state index contributed by atoms with van der Waals surface area (Å²) in [6.45, 7) is 9.42. The van der Waals surface area contributed by atoms with Crippen molar-refractivity contribution < 1.29 is 42.5 Å². The molecule has 18 heteroatoms. The Morgan fingerprint density at radius 2 is 1.88 bits per heavy atom. The lowest BCUT2D eigenvalue weighted by atomic mass is 10.5. The van der Waals surface area contributed by atoms with Crippen LogP contribution >= 0.6 is 15.6 Å². The first kappa shape index (κ1) is 28.5. The number of rotatable bonds is 9. The van der Waals surface area contributed by atoms with E-state index in [-0.39, 0.29) is 23.5 Å². The summed E-state index contributed by atoms with van der Waals surface area (Å²) in [5, 5.41) is 10.1. The van der Waals surface area contributed by atoms with Crippen molar-refractivity contribution in [3.8, 4) is 0 Å². The number of hydrogen-bond acceptors (Lipinski definition) is 11. The van der Waals surface area contributed by atoms with E-state index in [0.29, 0.717) is 0 Å². The smallest absolute Gasteiger partial charge is 0.390 e. The van der Waals surface area contributed by atoms with Crippen LogP contribution in [0.3, 0.4) is 0 Å². The van der Waals surface area contributed by atoms with Crippen molar-refractivity contribution in [1.82, 2.24) is 24.4 Å². The van der Waals surface area contributed by atoms with E-state index in [4.69, 9.17) is 20.3 Å². The fourth-order valence-electron chi connectivity index (χ4n) is 3.19. The van der Waals surface area contributed by atoms with Gasteiger partial charge in [0, 0.05) is 6.42 Å². The number of imidazole rings is 1. The van der Waals surface area contributed by atoms with Crippen molar-refractivity contribution in [2.75, 3.05) is 32.0 Å². The van der Waals surface area contributed by atoms with Crippen molar-refractivity contribution in [3.63, 3.8) is 0 Å². The molecule has 3 unspecified atom stereocenters. The Hall–Kier alpha value is -1.71. The van der Waals surface area contributed by atoms with Crippen LogP contribution in [-0.2, 0) is 22.7 Å². The fraction of sp³-hybridized carbons (Fsp3) is 0.688. The minimum Gasteiger partial charge on any atom is -0.390 e. The summed E-state index contributed by atoms with van der Waals surface area (Å²) < 4.78 is 37.0. The van der Waals surface area contributed by atoms with Gasteiger partial charge in [-0.15, -0.1) is 0 Å². The summed E-state index contributed by atoms with van der Waals surface area (Å²) in [5.41, 5.74) is 5.03. The Bertz CT molecular complexity index is 1090. The number of ether oxygens (including phenoxy) is 1. The Labute approximate surface area is 194 Å². The van der Waals surface area contributed by atoms with Gasteiger partial charge in [0.1, 0.15) is 12.3 Å². The molecule has 2 aromatic rings. The zero-order chi connectivity index (χ0) is 25.7. The first-order valence-corrected chi connectivity index (χ1v) is 13.3. The maximum absolute atomic E-state index is 11.8. The molecule has 4 atom stereocenters. The van der Waals surface area contributed by atoms with Gasteiger partial charge in [-0.25, -0.2) is 14.1 Å². The molecule has 1 aliphatic rings. The molecule has 194 valence electrons. The number of aromatic nitrogens is 4. The van der Waals surface area contributed by atoms with Crippen LogP contribution in [0.4, 0.5) is 5.95 Å². The Morgan fingerprint density at radius 3 is 2.41 bits per heavy atom. The summed E-state index contributed by atoms with van der Waals surface area (Å²) in [6, 6.07) is 0. The van der Waals surface area contributed by atoms with E-state index < -0.39 is 46.2 Å². The van der Waals surface area contributed by atoms with Crippen LogP contribution in [-0.4, -0.2) is 82.7 Å². The largest absolute Gasteiger partial charge is 0.481 e. The van der Waals surface area contributed by atoms with Crippen LogP contribution in [0.1, 0.15) is 33.4 Å². The standard InChI is InChI=1S/C10H15N5O10P2.C6H15N/c11-10-13-8-7(9(17)14-10)12-3-15(8)6-1-4(16)5(24-6)2-23-27(21,22)25-26(18,19)20;1-4-7(5-2)6-3/h3-6,16H,1-2H2,(H,21,22)(H2,18,19,20)(H3,11,13,14,17);4-6H2,1-3H3/t4?,5?,6-;/m1./s1/i1+1,2+1,4+1,5+1,6+1;. The highest BCUT2D eigenvalue weighted by atomic mass is 31.3. The number of phosphoric acid groups is 2. The number of aliphatic hydroxyl groups excluding tert-OH is 1. The molecular formula is C16H30N6O10P2. The van der Waals surface area contributed by atoms with E-state index in [1.54, 1.807) is 0 Å². The molecule has 1 aliphatic heterocycles. The summed E-state index contributed by atoms with van der Waals surface area (Å²) in [6.07, 6.45) is -1.91. The number of hydrogen-bond donors (Lipinski definition) is 6. The normalized spacial score (nSPS) is 22.5. The second-order valence-corrected chi connectivity index (χ2v) is 9.99. The molecule has 3 rings (SSSR count). The number of nitrogens with two attached hydrogens (primary N) is 1. The van der Waals surface area contributed by atoms with Crippen LogP contribution in [0.25, 0.3) is 11.2 Å². The van der Waals surface area contributed by atoms with Crippen molar-refractivity contribution in [3.05, 3.63) is 16.7 Å². The molecule has 1 saturated heterocycles. The van der Waals surface area contributed by atoms with Gasteiger partial charge in [0.25, 0.3) is 5.56 Å². The van der Waals surface area contributed by atoms with Gasteiger partial charge in [-0.3, -0.25) is 18.9 Å². The van der Waals surface area contributed by atoms with Crippen LogP contribution < -0.4 is 11.3 Å². The molecular weight excluding hydrogens is 503 g/mol. The highest BCUT2D eigenvalue weighted by Crippen LogP contribution is 2.57. The summed E-state index contributed by atoms with van der Waals surface area (Å²) in [4.78, 5) is 50.6. The number of H-pyrrole nitrogens is 1. The third-order valence-corrected chi connectivity index (χ3v) is 7.07. The van der Waals surface area contributed by atoms with Crippen molar-refractivity contribution in [2.45, 2.75) is 45.6 Å². The van der Waals surface area contributed by atoms with Gasteiger partial charge in [-0.2, -0.15) is 9.29 Å². The fourth-order valence-corrected chi connectivity index (χ4v) is 4.79. The monoisotopic (exact) mass is 533 g/mol. The van der Waals surface area contributed by atoms with Gasteiger partial charge in [0.15, 0.2) is 11.2 Å². The van der Waals surface area contributed by atoms with Gasteiger partial charge < -0.3 is 35.2 Å². The average molecular weight is 533 g/mol. The highest BCUT2D eigenvalue weighted by Gasteiger charge is 2.39. The molecule has 16 nitrogen and oxygen atoms in total. The molecule has 34 heavy (non-hydrogen) atoms. The molecule has 0 amide bonds. The molecule has 0 bridgehead atoms. The van der Waals surface area contributed by atoms with Gasteiger partial charge in [-0.05, 0) is 19.6 Å². The number of nitrogen functional groups attached to an aromatic ring is 1. The maximum atomic E-state index is 11.8. The van der Waals surface area contributed by atoms with Crippen molar-refractivity contribution >= 4 is 32.8 Å². The zero-order valence-electron chi connectivity index (χ0n) is 18.8. The first-order valence-electron chi connectivity index (χ1n) is 10.3. The molecule has 0 radical (unpaired) electrons. The van der Waals surface area contributed by atoms with Crippen molar-refractivity contribution in [2.24, 2.45) is 0 Å². The Kier molecular flexibility index (Phi) is 9.91. The van der Waals surface area contributed by atoms with Crippen LogP contribution in [0, 0.1) is 0 Å².